The molecule has 0 amide bonds. The molecular weight excluding hydrogens is 444 g/mol. The van der Waals surface area contributed by atoms with Crippen LogP contribution >= 0.6 is 0 Å². The zero-order valence-electron chi connectivity index (χ0n) is 19.6. The number of hydrogen-bond acceptors (Lipinski definition) is 8. The molecule has 1 aromatic carbocycles. The summed E-state index contributed by atoms with van der Waals surface area (Å²) in [7, 11) is -3.79. The van der Waals surface area contributed by atoms with E-state index in [9.17, 15) is 13.2 Å². The molecule has 0 saturated carbocycles. The van der Waals surface area contributed by atoms with Crippen molar-refractivity contribution < 1.29 is 22.5 Å². The lowest BCUT2D eigenvalue weighted by molar-refractivity contribution is -0.149. The van der Waals surface area contributed by atoms with Gasteiger partial charge in [0.05, 0.1) is 11.3 Å². The summed E-state index contributed by atoms with van der Waals surface area (Å²) in [6.45, 7) is 10.9. The molecule has 2 aromatic heterocycles. The third-order valence-corrected chi connectivity index (χ3v) is 7.57. The Kier molecular flexibility index (Phi) is 7.28. The van der Waals surface area contributed by atoms with Crippen LogP contribution in [0.1, 0.15) is 53.2 Å². The molecule has 0 fully saturated rings. The van der Waals surface area contributed by atoms with Crippen molar-refractivity contribution in [2.45, 2.75) is 59.0 Å². The number of benzene rings is 1. The summed E-state index contributed by atoms with van der Waals surface area (Å²) in [5, 5.41) is 3.87. The second-order valence-corrected chi connectivity index (χ2v) is 9.64. The Morgan fingerprint density at radius 1 is 1.09 bits per heavy atom. The lowest BCUT2D eigenvalue weighted by Gasteiger charge is -2.19. The van der Waals surface area contributed by atoms with Gasteiger partial charge in [-0.25, -0.2) is 13.1 Å². The fourth-order valence-electron chi connectivity index (χ4n) is 3.55. The number of hydrogen-bond donors (Lipinski definition) is 1. The van der Waals surface area contributed by atoms with Crippen LogP contribution in [0.15, 0.2) is 33.9 Å². The summed E-state index contributed by atoms with van der Waals surface area (Å²) in [6.07, 6.45) is 2.30. The molecule has 0 aliphatic carbocycles. The van der Waals surface area contributed by atoms with E-state index < -0.39 is 22.1 Å². The zero-order chi connectivity index (χ0) is 24.3. The van der Waals surface area contributed by atoms with E-state index in [-0.39, 0.29) is 23.8 Å². The second kappa shape index (κ2) is 9.80. The fourth-order valence-corrected chi connectivity index (χ4v) is 5.17. The van der Waals surface area contributed by atoms with Crippen LogP contribution in [0.4, 0.5) is 0 Å². The smallest absolute Gasteiger partial charge is 0.307 e. The highest BCUT2D eigenvalue weighted by atomic mass is 32.2. The Labute approximate surface area is 193 Å². The minimum atomic E-state index is -3.79. The molecule has 10 heteroatoms. The predicted molar refractivity (Wildman–Crippen MR) is 122 cm³/mol. The lowest BCUT2D eigenvalue weighted by Crippen LogP contribution is -2.28. The average molecular weight is 473 g/mol. The van der Waals surface area contributed by atoms with Crippen molar-refractivity contribution >= 4 is 16.0 Å². The van der Waals surface area contributed by atoms with E-state index in [1.807, 2.05) is 20.8 Å². The van der Waals surface area contributed by atoms with E-state index in [4.69, 9.17) is 9.26 Å². The number of sulfonamides is 1. The molecule has 2 heterocycles. The molecule has 176 valence electrons. The van der Waals surface area contributed by atoms with Crippen LogP contribution in [0, 0.1) is 34.6 Å². The molecule has 0 saturated heterocycles. The summed E-state index contributed by atoms with van der Waals surface area (Å²) in [5.74, 6) is -0.112. The van der Waals surface area contributed by atoms with Crippen LogP contribution in [-0.2, 0) is 19.6 Å². The Hall–Kier alpha value is -3.11. The van der Waals surface area contributed by atoms with Crippen molar-refractivity contribution in [3.05, 3.63) is 58.2 Å². The SMILES string of the molecule is Cc1c(C)c(C)c(S(=O)(=O)NCCC(=O)OC(C)c2nc(-c3cccnc3)no2)c(C)c1C. The lowest BCUT2D eigenvalue weighted by atomic mass is 9.95. The first kappa shape index (κ1) is 24.5. The monoisotopic (exact) mass is 472 g/mol. The number of esters is 1. The Balaban J connectivity index is 1.60. The Bertz CT molecular complexity index is 1240. The summed E-state index contributed by atoms with van der Waals surface area (Å²) in [4.78, 5) is 20.7. The third-order valence-electron chi connectivity index (χ3n) is 5.84. The summed E-state index contributed by atoms with van der Waals surface area (Å²) in [5.41, 5.74) is 5.05. The van der Waals surface area contributed by atoms with Crippen LogP contribution in [0.25, 0.3) is 11.4 Å². The van der Waals surface area contributed by atoms with Crippen molar-refractivity contribution in [2.75, 3.05) is 6.54 Å². The van der Waals surface area contributed by atoms with Crippen molar-refractivity contribution in [3.8, 4) is 11.4 Å². The molecule has 0 aliphatic heterocycles. The van der Waals surface area contributed by atoms with Crippen molar-refractivity contribution in [3.63, 3.8) is 0 Å². The number of pyridine rings is 1. The minimum Gasteiger partial charge on any atom is -0.452 e. The minimum absolute atomic E-state index is 0.0937. The van der Waals surface area contributed by atoms with E-state index in [1.54, 1.807) is 45.3 Å². The molecular formula is C23H28N4O5S. The summed E-state index contributed by atoms with van der Waals surface area (Å²) < 4.78 is 38.9. The van der Waals surface area contributed by atoms with Crippen LogP contribution in [-0.4, -0.2) is 36.1 Å². The molecule has 33 heavy (non-hydrogen) atoms. The Morgan fingerprint density at radius 2 is 1.73 bits per heavy atom. The van der Waals surface area contributed by atoms with Crippen molar-refractivity contribution in [1.29, 1.82) is 0 Å². The standard InChI is InChI=1S/C23H28N4O5S/c1-13-14(2)16(4)21(17(5)15(13)3)33(29,30)25-11-9-20(28)31-18(6)23-26-22(27-32-23)19-8-7-10-24-12-19/h7-8,10,12,18,25H,9,11H2,1-6H3. The van der Waals surface area contributed by atoms with E-state index in [1.165, 1.54) is 0 Å². The van der Waals surface area contributed by atoms with Gasteiger partial charge in [-0.2, -0.15) is 4.98 Å². The molecule has 0 radical (unpaired) electrons. The second-order valence-electron chi connectivity index (χ2n) is 7.93. The van der Waals surface area contributed by atoms with Crippen LogP contribution in [0.2, 0.25) is 0 Å². The maximum absolute atomic E-state index is 13.0. The van der Waals surface area contributed by atoms with Crippen LogP contribution in [0.5, 0.6) is 0 Å². The maximum Gasteiger partial charge on any atom is 0.307 e. The van der Waals surface area contributed by atoms with Crippen molar-refractivity contribution in [2.24, 2.45) is 0 Å². The van der Waals surface area contributed by atoms with Gasteiger partial charge in [0.1, 0.15) is 0 Å². The molecule has 0 spiro atoms. The number of aromatic nitrogens is 3. The molecule has 1 unspecified atom stereocenters. The van der Waals surface area contributed by atoms with Gasteiger partial charge in [-0.3, -0.25) is 9.78 Å². The number of carbonyl (C=O) groups is 1. The number of rotatable bonds is 8. The molecule has 0 aliphatic rings. The third kappa shape index (κ3) is 5.28. The molecule has 1 N–H and O–H groups in total. The number of carbonyl (C=O) groups excluding carboxylic acids is 1. The topological polar surface area (TPSA) is 124 Å². The predicted octanol–water partition coefficient (Wildman–Crippen LogP) is 3.65. The van der Waals surface area contributed by atoms with Gasteiger partial charge in [0.15, 0.2) is 6.10 Å². The normalized spacial score (nSPS) is 12.5. The highest BCUT2D eigenvalue weighted by molar-refractivity contribution is 7.89. The quantitative estimate of drug-likeness (QED) is 0.493. The van der Waals surface area contributed by atoms with Gasteiger partial charge in [-0.1, -0.05) is 5.16 Å². The Morgan fingerprint density at radius 3 is 2.33 bits per heavy atom. The first-order valence-electron chi connectivity index (χ1n) is 10.5. The first-order valence-corrected chi connectivity index (χ1v) is 12.0. The highest BCUT2D eigenvalue weighted by Gasteiger charge is 2.24. The molecule has 3 aromatic rings. The van der Waals surface area contributed by atoms with Gasteiger partial charge in [0, 0.05) is 24.5 Å². The summed E-state index contributed by atoms with van der Waals surface area (Å²) in [6, 6.07) is 3.53. The van der Waals surface area contributed by atoms with E-state index in [0.717, 1.165) is 16.7 Å². The van der Waals surface area contributed by atoms with Crippen LogP contribution in [0.3, 0.4) is 0 Å². The first-order chi connectivity index (χ1) is 15.5. The van der Waals surface area contributed by atoms with E-state index in [2.05, 4.69) is 19.8 Å². The van der Waals surface area contributed by atoms with Crippen molar-refractivity contribution in [1.82, 2.24) is 19.8 Å². The van der Waals surface area contributed by atoms with Crippen LogP contribution < -0.4 is 4.72 Å². The van der Waals surface area contributed by atoms with E-state index >= 15 is 0 Å². The number of nitrogens with zero attached hydrogens (tertiary/aromatic N) is 3. The molecule has 0 bridgehead atoms. The van der Waals surface area contributed by atoms with Gasteiger partial charge in [0.25, 0.3) is 5.89 Å². The zero-order valence-corrected chi connectivity index (χ0v) is 20.4. The van der Waals surface area contributed by atoms with Gasteiger partial charge >= 0.3 is 5.97 Å². The number of nitrogens with one attached hydrogen (secondary N) is 1. The van der Waals surface area contributed by atoms with Gasteiger partial charge in [0.2, 0.25) is 15.8 Å². The molecule has 1 atom stereocenters. The maximum atomic E-state index is 13.0. The fraction of sp³-hybridized carbons (Fsp3) is 0.391. The largest absolute Gasteiger partial charge is 0.452 e. The van der Waals surface area contributed by atoms with E-state index in [0.29, 0.717) is 22.5 Å². The summed E-state index contributed by atoms with van der Waals surface area (Å²) >= 11 is 0. The average Bonchev–Trinajstić information content (AvgIpc) is 3.27. The highest BCUT2D eigenvalue weighted by Crippen LogP contribution is 2.29. The van der Waals surface area contributed by atoms with Gasteiger partial charge in [-0.05, 0) is 81.5 Å². The number of ether oxygens (including phenoxy) is 1. The molecule has 3 rings (SSSR count). The molecule has 9 nitrogen and oxygen atoms in total. The van der Waals surface area contributed by atoms with Gasteiger partial charge in [-0.15, -0.1) is 0 Å². The van der Waals surface area contributed by atoms with Gasteiger partial charge < -0.3 is 9.26 Å².